The van der Waals surface area contributed by atoms with E-state index in [1.54, 1.807) is 21.3 Å². The topological polar surface area (TPSA) is 39.7 Å². The van der Waals surface area contributed by atoms with Crippen LogP contribution in [0.4, 0.5) is 0 Å². The first-order valence-corrected chi connectivity index (χ1v) is 15.0. The van der Waals surface area contributed by atoms with Crippen molar-refractivity contribution in [2.45, 2.75) is 32.7 Å². The molecule has 0 radical (unpaired) electrons. The van der Waals surface area contributed by atoms with Gasteiger partial charge in [0.1, 0.15) is 0 Å². The van der Waals surface area contributed by atoms with Gasteiger partial charge in [0, 0.05) is 28.9 Å². The molecule has 0 spiro atoms. The molecule has 0 unspecified atom stereocenters. The standard InChI is InChI=1S/C9H27NO3Si3/c1-11-16(12-2,13-3)10-9-15(7,8)14(4,5)6/h10H,9H2,1-8H3. The van der Waals surface area contributed by atoms with Gasteiger partial charge in [-0.15, -0.1) is 0 Å². The maximum atomic E-state index is 5.37. The lowest BCUT2D eigenvalue weighted by Crippen LogP contribution is -2.66. The molecule has 98 valence electrons. The van der Waals surface area contributed by atoms with Crippen LogP contribution in [0, 0.1) is 0 Å². The van der Waals surface area contributed by atoms with Crippen molar-refractivity contribution in [2.75, 3.05) is 27.5 Å². The van der Waals surface area contributed by atoms with E-state index in [9.17, 15) is 0 Å². The van der Waals surface area contributed by atoms with Crippen LogP contribution in [0.25, 0.3) is 0 Å². The van der Waals surface area contributed by atoms with Crippen LogP contribution in [0.2, 0.25) is 32.7 Å². The van der Waals surface area contributed by atoms with Crippen LogP contribution in [0.1, 0.15) is 0 Å². The highest BCUT2D eigenvalue weighted by atomic mass is 29.3. The predicted octanol–water partition coefficient (Wildman–Crippen LogP) is 1.61. The van der Waals surface area contributed by atoms with Crippen LogP contribution >= 0.6 is 0 Å². The molecule has 0 aliphatic heterocycles. The highest BCUT2D eigenvalue weighted by molar-refractivity contribution is 7.40. The molecule has 0 saturated carbocycles. The molecule has 0 aromatic heterocycles. The Kier molecular flexibility index (Phi) is 6.08. The van der Waals surface area contributed by atoms with E-state index >= 15 is 0 Å². The Hall–Kier alpha value is 0.491. The Labute approximate surface area is 103 Å². The second kappa shape index (κ2) is 5.89. The largest absolute Gasteiger partial charge is 0.595 e. The predicted molar refractivity (Wildman–Crippen MR) is 75.6 cm³/mol. The van der Waals surface area contributed by atoms with Gasteiger partial charge in [-0.3, -0.25) is 4.98 Å². The zero-order valence-electron chi connectivity index (χ0n) is 11.9. The van der Waals surface area contributed by atoms with Gasteiger partial charge in [-0.1, -0.05) is 32.7 Å². The number of hydrogen-bond donors (Lipinski definition) is 1. The van der Waals surface area contributed by atoms with Crippen molar-refractivity contribution in [1.29, 1.82) is 0 Å². The molecular weight excluding hydrogens is 254 g/mol. The van der Waals surface area contributed by atoms with Crippen LogP contribution in [0.5, 0.6) is 0 Å². The summed E-state index contributed by atoms with van der Waals surface area (Å²) in [7, 11) is -0.0283. The highest BCUT2D eigenvalue weighted by Gasteiger charge is 2.44. The van der Waals surface area contributed by atoms with Gasteiger partial charge in [0.05, 0.1) is 7.59 Å². The molecule has 16 heavy (non-hydrogen) atoms. The molecule has 0 atom stereocenters. The maximum absolute atomic E-state index is 5.37. The maximum Gasteiger partial charge on any atom is 0.595 e. The van der Waals surface area contributed by atoms with E-state index in [2.05, 4.69) is 37.7 Å². The molecule has 1 N–H and O–H groups in total. The molecule has 0 saturated heterocycles. The van der Waals surface area contributed by atoms with Crippen LogP contribution in [0.3, 0.4) is 0 Å². The van der Waals surface area contributed by atoms with Gasteiger partial charge in [-0.25, -0.2) is 0 Å². The molecule has 0 aliphatic rings. The minimum atomic E-state index is -2.60. The SMILES string of the molecule is CO[Si](NC[Si](C)(C)[Si](C)(C)C)(OC)OC. The van der Waals surface area contributed by atoms with Crippen LogP contribution in [-0.2, 0) is 13.3 Å². The van der Waals surface area contributed by atoms with Gasteiger partial charge in [0.2, 0.25) is 0 Å². The van der Waals surface area contributed by atoms with Crippen LogP contribution in [-0.4, -0.2) is 51.6 Å². The molecule has 0 bridgehead atoms. The van der Waals surface area contributed by atoms with Gasteiger partial charge in [0.25, 0.3) is 0 Å². The number of hydrogen-bond acceptors (Lipinski definition) is 4. The molecule has 0 aromatic carbocycles. The number of nitrogens with one attached hydrogen (secondary N) is 1. The summed E-state index contributed by atoms with van der Waals surface area (Å²) < 4.78 is 16.1. The molecule has 0 fully saturated rings. The van der Waals surface area contributed by atoms with E-state index in [0.717, 1.165) is 6.17 Å². The molecule has 0 aliphatic carbocycles. The summed E-state index contributed by atoms with van der Waals surface area (Å²) in [6.45, 7) is 12.1. The fraction of sp³-hybridized carbons (Fsp3) is 1.00. The molecule has 7 heteroatoms. The van der Waals surface area contributed by atoms with E-state index in [-0.39, 0.29) is 0 Å². The van der Waals surface area contributed by atoms with Gasteiger partial charge >= 0.3 is 8.97 Å². The van der Waals surface area contributed by atoms with Crippen LogP contribution in [0.15, 0.2) is 0 Å². The van der Waals surface area contributed by atoms with Crippen molar-refractivity contribution in [3.63, 3.8) is 0 Å². The Morgan fingerprint density at radius 2 is 1.19 bits per heavy atom. The first-order valence-electron chi connectivity index (χ1n) is 5.54. The third-order valence-corrected chi connectivity index (χ3v) is 24.0. The minimum absolute atomic E-state index is 0.991. The second-order valence-corrected chi connectivity index (χ2v) is 25.5. The molecule has 0 rings (SSSR count). The molecule has 0 heterocycles. The smallest absolute Gasteiger partial charge is 0.364 e. The quantitative estimate of drug-likeness (QED) is 0.720. The summed E-state index contributed by atoms with van der Waals surface area (Å²) in [6, 6.07) is 0. The van der Waals surface area contributed by atoms with E-state index in [1.165, 1.54) is 0 Å². The monoisotopic (exact) mass is 281 g/mol. The van der Waals surface area contributed by atoms with E-state index in [4.69, 9.17) is 13.3 Å². The van der Waals surface area contributed by atoms with Crippen molar-refractivity contribution in [3.05, 3.63) is 0 Å². The average Bonchev–Trinajstić information content (AvgIpc) is 2.19. The van der Waals surface area contributed by atoms with Gasteiger partial charge in [-0.05, 0) is 6.17 Å². The van der Waals surface area contributed by atoms with Crippen molar-refractivity contribution < 1.29 is 13.3 Å². The lowest BCUT2D eigenvalue weighted by molar-refractivity contribution is 0.112. The summed E-state index contributed by atoms with van der Waals surface area (Å²) in [5.74, 6) is 0. The first kappa shape index (κ1) is 16.5. The Morgan fingerprint density at radius 1 is 0.812 bits per heavy atom. The summed E-state index contributed by atoms with van der Waals surface area (Å²) in [6.07, 6.45) is 0.991. The average molecular weight is 282 g/mol. The summed E-state index contributed by atoms with van der Waals surface area (Å²) in [5.41, 5.74) is 0. The van der Waals surface area contributed by atoms with Crippen molar-refractivity contribution in [1.82, 2.24) is 4.98 Å². The summed E-state index contributed by atoms with van der Waals surface area (Å²) in [5, 5.41) is 0. The second-order valence-electron chi connectivity index (χ2n) is 5.66. The zero-order chi connectivity index (χ0) is 13.0. The Morgan fingerprint density at radius 3 is 1.44 bits per heavy atom. The first-order chi connectivity index (χ1) is 7.14. The van der Waals surface area contributed by atoms with Crippen molar-refractivity contribution >= 4 is 24.1 Å². The third kappa shape index (κ3) is 4.06. The molecule has 0 amide bonds. The summed E-state index contributed by atoms with van der Waals surface area (Å²) in [4.78, 5) is 3.40. The number of rotatable bonds is 7. The van der Waals surface area contributed by atoms with E-state index < -0.39 is 24.1 Å². The fourth-order valence-electron chi connectivity index (χ4n) is 1.06. The van der Waals surface area contributed by atoms with Gasteiger partial charge < -0.3 is 13.3 Å². The lowest BCUT2D eigenvalue weighted by atomic mass is 11.5. The molecular formula is C9H27NO3Si3. The fourth-order valence-corrected chi connectivity index (χ4v) is 7.54. The highest BCUT2D eigenvalue weighted by Crippen LogP contribution is 2.18. The van der Waals surface area contributed by atoms with Gasteiger partial charge in [-0.2, -0.15) is 0 Å². The van der Waals surface area contributed by atoms with Crippen LogP contribution < -0.4 is 4.98 Å². The lowest BCUT2D eigenvalue weighted by Gasteiger charge is -2.37. The zero-order valence-corrected chi connectivity index (χ0v) is 14.9. The molecule has 4 nitrogen and oxygen atoms in total. The van der Waals surface area contributed by atoms with E-state index in [0.29, 0.717) is 0 Å². The van der Waals surface area contributed by atoms with Crippen molar-refractivity contribution in [3.8, 4) is 0 Å². The Balaban J connectivity index is 4.54. The third-order valence-electron chi connectivity index (χ3n) is 3.58. The normalized spacial score (nSPS) is 14.2. The summed E-state index contributed by atoms with van der Waals surface area (Å²) >= 11 is 0. The molecule has 0 aromatic rings. The Bertz CT molecular complexity index is 204. The van der Waals surface area contributed by atoms with Crippen molar-refractivity contribution in [2.24, 2.45) is 0 Å². The minimum Gasteiger partial charge on any atom is -0.364 e. The van der Waals surface area contributed by atoms with Gasteiger partial charge in [0.15, 0.2) is 0 Å². The van der Waals surface area contributed by atoms with E-state index in [1.807, 2.05) is 0 Å².